The molecule has 0 saturated heterocycles. The van der Waals surface area contributed by atoms with Crippen LogP contribution in [0.5, 0.6) is 0 Å². The Bertz CT molecular complexity index is 7250. The van der Waals surface area contributed by atoms with Gasteiger partial charge in [-0.15, -0.1) is 0 Å². The SMILES string of the molecule is CC(C)(C)c1cccc2c1oc1c(N(c3ccc(-c4cc(N(c5ccccc5)c5ccc6c7c(ccc6c5)-c5ccc6ccccc6c5C7(c5ccccc5)c5ccccc5)c5oc6c(C7CCCCC7)cccc6c5c4)cc3)c3ccc4c5c(ccc4c3)-c3ccc4ccccc4c3C5(c3ccccc3)c3ccccc3)cccc12. The Labute approximate surface area is 675 Å². The van der Waals surface area contributed by atoms with Crippen LogP contribution in [0.4, 0.5) is 34.1 Å². The summed E-state index contributed by atoms with van der Waals surface area (Å²) in [5.41, 5.74) is 28.1. The summed E-state index contributed by atoms with van der Waals surface area (Å²) in [5.74, 6) is 0.422. The second kappa shape index (κ2) is 26.4. The third-order valence-corrected chi connectivity index (χ3v) is 26.2. The predicted molar refractivity (Wildman–Crippen MR) is 485 cm³/mol. The molecule has 552 valence electrons. The summed E-state index contributed by atoms with van der Waals surface area (Å²) in [4.78, 5) is 4.89. The maximum absolute atomic E-state index is 7.65. The van der Waals surface area contributed by atoms with Gasteiger partial charge in [-0.25, -0.2) is 0 Å². The molecule has 0 N–H and O–H groups in total. The highest BCUT2D eigenvalue weighted by Crippen LogP contribution is 2.63. The van der Waals surface area contributed by atoms with Crippen molar-refractivity contribution in [2.24, 2.45) is 0 Å². The fourth-order valence-corrected chi connectivity index (χ4v) is 21.2. The highest BCUT2D eigenvalue weighted by Gasteiger charge is 2.50. The second-order valence-corrected chi connectivity index (χ2v) is 33.4. The Morgan fingerprint density at radius 2 is 0.655 bits per heavy atom. The van der Waals surface area contributed by atoms with Crippen LogP contribution in [0, 0.1) is 0 Å². The normalized spacial score (nSPS) is 14.3. The van der Waals surface area contributed by atoms with E-state index in [0.717, 1.165) is 113 Å². The van der Waals surface area contributed by atoms with Gasteiger partial charge in [-0.05, 0) is 217 Å². The molecule has 0 unspecified atom stereocenters. The number of fused-ring (bicyclic) bond motifs is 20. The minimum atomic E-state index is -0.643. The van der Waals surface area contributed by atoms with Crippen LogP contribution < -0.4 is 9.80 Å². The van der Waals surface area contributed by atoms with Crippen molar-refractivity contribution >= 4 is 121 Å². The summed E-state index contributed by atoms with van der Waals surface area (Å²) < 4.78 is 15.0. The smallest absolute Gasteiger partial charge is 0.159 e. The van der Waals surface area contributed by atoms with Gasteiger partial charge in [0, 0.05) is 49.9 Å². The summed E-state index contributed by atoms with van der Waals surface area (Å²) in [6.07, 6.45) is 6.04. The number of para-hydroxylation sites is 4. The molecule has 116 heavy (non-hydrogen) atoms. The largest absolute Gasteiger partial charge is 0.454 e. The zero-order chi connectivity index (χ0) is 77.0. The molecule has 0 amide bonds. The molecule has 0 aliphatic heterocycles. The standard InChI is InChI=1S/C112H82N2O2/c1-110(2,3)99-49-27-47-95-96-48-28-50-100(108(96)116-107(95)99)113(84-59-65-88-75(67-84)55-63-93-91-61-53-73-31-22-24-43-86(73)102(91)111(104(88)93,78-33-12-5-13-34-78)79-35-14-6-15-36-79)83-57-51-71(52-58-83)77-69-98-97-46-26-45-90(72-29-10-4-11-30-72)106(97)115-109(98)101(70-77)114(82-41-20-9-21-42-82)85-60-66-89-76(68-85)56-64-94-92-62-54-74-32-23-25-44-87(74)103(92)112(105(89)94,80-37-16-7-17-38-80)81-39-18-8-19-40-81/h5-9,12-28,31-70,72H,4,10-11,29-30H2,1-3H3. The molecule has 3 aliphatic carbocycles. The maximum atomic E-state index is 7.65. The summed E-state index contributed by atoms with van der Waals surface area (Å²) in [5, 5.41) is 14.1. The van der Waals surface area contributed by atoms with Crippen LogP contribution in [-0.2, 0) is 16.2 Å². The predicted octanol–water partition coefficient (Wildman–Crippen LogP) is 30.8. The Hall–Kier alpha value is -13.8. The Kier molecular flexibility index (Phi) is 15.4. The van der Waals surface area contributed by atoms with Crippen molar-refractivity contribution in [1.82, 2.24) is 0 Å². The minimum Gasteiger partial charge on any atom is -0.454 e. The van der Waals surface area contributed by atoms with Crippen molar-refractivity contribution < 1.29 is 8.83 Å². The van der Waals surface area contributed by atoms with Crippen molar-refractivity contribution in [3.8, 4) is 33.4 Å². The summed E-state index contributed by atoms with van der Waals surface area (Å²) in [7, 11) is 0. The Morgan fingerprint density at radius 1 is 0.267 bits per heavy atom. The van der Waals surface area contributed by atoms with Crippen molar-refractivity contribution in [1.29, 1.82) is 0 Å². The lowest BCUT2D eigenvalue weighted by Crippen LogP contribution is -2.29. The van der Waals surface area contributed by atoms with E-state index in [9.17, 15) is 0 Å². The van der Waals surface area contributed by atoms with E-state index in [4.69, 9.17) is 8.83 Å². The average molecular weight is 1490 g/mol. The number of nitrogens with zero attached hydrogens (tertiary/aromatic N) is 2. The van der Waals surface area contributed by atoms with Gasteiger partial charge in [0.25, 0.3) is 0 Å². The molecule has 3 aliphatic rings. The topological polar surface area (TPSA) is 32.8 Å². The molecule has 2 aromatic heterocycles. The minimum absolute atomic E-state index is 0.164. The van der Waals surface area contributed by atoms with Crippen molar-refractivity contribution in [3.63, 3.8) is 0 Å². The number of furan rings is 2. The molecule has 4 heteroatoms. The molecular formula is C112H82N2O2. The fourth-order valence-electron chi connectivity index (χ4n) is 21.2. The lowest BCUT2D eigenvalue weighted by molar-refractivity contribution is 0.442. The number of hydrogen-bond acceptors (Lipinski definition) is 4. The van der Waals surface area contributed by atoms with Gasteiger partial charge in [-0.2, -0.15) is 0 Å². The van der Waals surface area contributed by atoms with Crippen LogP contribution in [0.25, 0.3) is 120 Å². The van der Waals surface area contributed by atoms with Crippen molar-refractivity contribution in [2.45, 2.75) is 75.0 Å². The molecule has 0 spiro atoms. The maximum Gasteiger partial charge on any atom is 0.159 e. The molecule has 4 nitrogen and oxygen atoms in total. The van der Waals surface area contributed by atoms with E-state index in [1.165, 1.54) is 129 Å². The van der Waals surface area contributed by atoms with E-state index < -0.39 is 10.8 Å². The molecular weight excluding hydrogens is 1410 g/mol. The zero-order valence-electron chi connectivity index (χ0n) is 65.1. The Balaban J connectivity index is 0.724. The molecule has 18 aromatic carbocycles. The highest BCUT2D eigenvalue weighted by molar-refractivity contribution is 6.16. The van der Waals surface area contributed by atoms with Crippen LogP contribution in [0.1, 0.15) is 114 Å². The zero-order valence-corrected chi connectivity index (χ0v) is 65.1. The number of anilines is 6. The molecule has 0 radical (unpaired) electrons. The summed E-state index contributed by atoms with van der Waals surface area (Å²) >= 11 is 0. The first-order valence-electron chi connectivity index (χ1n) is 41.3. The van der Waals surface area contributed by atoms with Crippen LogP contribution in [0.3, 0.4) is 0 Å². The lowest BCUT2D eigenvalue weighted by atomic mass is 9.66. The van der Waals surface area contributed by atoms with Gasteiger partial charge >= 0.3 is 0 Å². The molecule has 1 saturated carbocycles. The number of hydrogen-bond donors (Lipinski definition) is 0. The van der Waals surface area contributed by atoms with Crippen molar-refractivity contribution in [2.75, 3.05) is 9.80 Å². The van der Waals surface area contributed by atoms with E-state index >= 15 is 0 Å². The van der Waals surface area contributed by atoms with Crippen LogP contribution in [0.2, 0.25) is 0 Å². The van der Waals surface area contributed by atoms with Gasteiger partial charge in [0.1, 0.15) is 11.2 Å². The van der Waals surface area contributed by atoms with Gasteiger partial charge in [-0.1, -0.05) is 349 Å². The number of rotatable bonds is 12. The van der Waals surface area contributed by atoms with Crippen LogP contribution in [0.15, 0.2) is 385 Å². The van der Waals surface area contributed by atoms with Crippen LogP contribution >= 0.6 is 0 Å². The fraction of sp³-hybridized carbons (Fsp3) is 0.107. The number of benzene rings is 18. The quantitative estimate of drug-likeness (QED) is 0.122. The first-order chi connectivity index (χ1) is 57.2. The van der Waals surface area contributed by atoms with E-state index in [-0.39, 0.29) is 5.41 Å². The summed E-state index contributed by atoms with van der Waals surface area (Å²) in [6, 6.07) is 141. The molecule has 0 atom stereocenters. The van der Waals surface area contributed by atoms with Gasteiger partial charge in [0.15, 0.2) is 11.2 Å². The first kappa shape index (κ1) is 67.9. The third kappa shape index (κ3) is 10.1. The average Bonchev–Trinajstić information content (AvgIpc) is 1.52. The molecule has 20 aromatic rings. The third-order valence-electron chi connectivity index (χ3n) is 26.2. The highest BCUT2D eigenvalue weighted by atomic mass is 16.3. The molecule has 23 rings (SSSR count). The van der Waals surface area contributed by atoms with Gasteiger partial charge in [0.2, 0.25) is 0 Å². The molecule has 1 fully saturated rings. The van der Waals surface area contributed by atoms with E-state index in [0.29, 0.717) is 5.92 Å². The van der Waals surface area contributed by atoms with E-state index in [1.807, 2.05) is 0 Å². The Morgan fingerprint density at radius 3 is 1.16 bits per heavy atom. The van der Waals surface area contributed by atoms with E-state index in [2.05, 4.69) is 407 Å². The van der Waals surface area contributed by atoms with Gasteiger partial charge in [-0.3, -0.25) is 0 Å². The van der Waals surface area contributed by atoms with E-state index in [1.54, 1.807) is 0 Å². The lowest BCUT2D eigenvalue weighted by Gasteiger charge is -2.35. The van der Waals surface area contributed by atoms with Crippen LogP contribution in [-0.4, -0.2) is 0 Å². The molecule has 2 heterocycles. The van der Waals surface area contributed by atoms with Gasteiger partial charge in [0.05, 0.1) is 22.2 Å². The monoisotopic (exact) mass is 1490 g/mol. The molecule has 0 bridgehead atoms. The van der Waals surface area contributed by atoms with Crippen molar-refractivity contribution in [3.05, 3.63) is 432 Å². The van der Waals surface area contributed by atoms with Gasteiger partial charge < -0.3 is 18.6 Å². The first-order valence-corrected chi connectivity index (χ1v) is 41.3. The second-order valence-electron chi connectivity index (χ2n) is 33.4. The summed E-state index contributed by atoms with van der Waals surface area (Å²) in [6.45, 7) is 6.84.